The number of hydrogen-bond donors (Lipinski definition) is 1. The Balaban J connectivity index is 1.35. The molecule has 8 nitrogen and oxygen atoms in total. The van der Waals surface area contributed by atoms with Gasteiger partial charge in [-0.1, -0.05) is 29.5 Å². The standard InChI is InChI=1S/C25H31N5O3S3/c1-4-30-23(17-34-21-11-7-18(2)8-12-21)27-28-25(30)35-19(3)24(31)26-20-9-13-22(14-10-20)36(32,33)29-15-5-6-16-29/h7-14,19H,4-6,15-17H2,1-3H3,(H,26,31). The van der Waals surface area contributed by atoms with E-state index in [1.165, 1.54) is 26.5 Å². The lowest BCUT2D eigenvalue weighted by Crippen LogP contribution is -2.27. The van der Waals surface area contributed by atoms with Crippen LogP contribution in [0.2, 0.25) is 0 Å². The van der Waals surface area contributed by atoms with Gasteiger partial charge in [0.05, 0.1) is 15.9 Å². The summed E-state index contributed by atoms with van der Waals surface area (Å²) in [6.07, 6.45) is 1.78. The number of thioether (sulfide) groups is 2. The molecule has 0 aliphatic carbocycles. The van der Waals surface area contributed by atoms with Crippen molar-refractivity contribution in [2.45, 2.75) is 66.1 Å². The molecule has 0 saturated carbocycles. The average Bonchev–Trinajstić information content (AvgIpc) is 3.55. The van der Waals surface area contributed by atoms with Crippen molar-refractivity contribution in [3.8, 4) is 0 Å². The van der Waals surface area contributed by atoms with E-state index in [1.54, 1.807) is 36.0 Å². The highest BCUT2D eigenvalue weighted by Crippen LogP contribution is 2.28. The van der Waals surface area contributed by atoms with Crippen LogP contribution in [0.15, 0.2) is 63.5 Å². The quantitative estimate of drug-likeness (QED) is 0.366. The monoisotopic (exact) mass is 545 g/mol. The molecule has 4 rings (SSSR count). The lowest BCUT2D eigenvalue weighted by atomic mass is 10.2. The fourth-order valence-corrected chi connectivity index (χ4v) is 7.14. The Morgan fingerprint density at radius 3 is 2.36 bits per heavy atom. The molecule has 1 unspecified atom stereocenters. The molecule has 192 valence electrons. The first-order valence-electron chi connectivity index (χ1n) is 12.0. The van der Waals surface area contributed by atoms with Gasteiger partial charge in [0.1, 0.15) is 5.82 Å². The molecule has 1 aliphatic rings. The number of sulfonamides is 1. The molecule has 2 aromatic carbocycles. The molecule has 1 fully saturated rings. The third kappa shape index (κ3) is 6.31. The number of nitrogens with zero attached hydrogens (tertiary/aromatic N) is 4. The molecule has 36 heavy (non-hydrogen) atoms. The third-order valence-corrected chi connectivity index (χ3v) is 9.98. The predicted octanol–water partition coefficient (Wildman–Crippen LogP) is 4.80. The molecule has 2 heterocycles. The summed E-state index contributed by atoms with van der Waals surface area (Å²) < 4.78 is 28.9. The fourth-order valence-electron chi connectivity index (χ4n) is 3.86. The molecule has 1 amide bonds. The third-order valence-electron chi connectivity index (χ3n) is 5.97. The van der Waals surface area contributed by atoms with Crippen molar-refractivity contribution in [3.63, 3.8) is 0 Å². The van der Waals surface area contributed by atoms with E-state index in [1.807, 2.05) is 18.4 Å². The predicted molar refractivity (Wildman–Crippen MR) is 145 cm³/mol. The first-order chi connectivity index (χ1) is 17.3. The maximum atomic E-state index is 12.8. The second kappa shape index (κ2) is 11.8. The first kappa shape index (κ1) is 26.7. The van der Waals surface area contributed by atoms with E-state index in [0.717, 1.165) is 18.7 Å². The summed E-state index contributed by atoms with van der Waals surface area (Å²) in [4.78, 5) is 14.3. The summed E-state index contributed by atoms with van der Waals surface area (Å²) in [7, 11) is -3.47. The zero-order chi connectivity index (χ0) is 25.7. The zero-order valence-electron chi connectivity index (χ0n) is 20.7. The number of nitrogens with one attached hydrogen (secondary N) is 1. The maximum Gasteiger partial charge on any atom is 0.243 e. The summed E-state index contributed by atoms with van der Waals surface area (Å²) in [5.41, 5.74) is 1.78. The normalized spacial score (nSPS) is 15.2. The highest BCUT2D eigenvalue weighted by molar-refractivity contribution is 8.00. The van der Waals surface area contributed by atoms with Gasteiger partial charge >= 0.3 is 0 Å². The van der Waals surface area contributed by atoms with Crippen LogP contribution in [0.3, 0.4) is 0 Å². The number of benzene rings is 2. The summed E-state index contributed by atoms with van der Waals surface area (Å²) >= 11 is 3.06. The minimum Gasteiger partial charge on any atom is -0.325 e. The largest absolute Gasteiger partial charge is 0.325 e. The molecule has 0 radical (unpaired) electrons. The van der Waals surface area contributed by atoms with Crippen molar-refractivity contribution < 1.29 is 13.2 Å². The van der Waals surface area contributed by atoms with E-state index >= 15 is 0 Å². The minimum atomic E-state index is -3.47. The van der Waals surface area contributed by atoms with Crippen LogP contribution < -0.4 is 5.32 Å². The molecular weight excluding hydrogens is 515 g/mol. The number of amides is 1. The summed E-state index contributed by atoms with van der Waals surface area (Å²) in [6.45, 7) is 7.75. The zero-order valence-corrected chi connectivity index (χ0v) is 23.1. The van der Waals surface area contributed by atoms with Crippen LogP contribution in [0.25, 0.3) is 0 Å². The number of anilines is 1. The topological polar surface area (TPSA) is 97.2 Å². The van der Waals surface area contributed by atoms with Crippen molar-refractivity contribution in [2.75, 3.05) is 18.4 Å². The van der Waals surface area contributed by atoms with E-state index < -0.39 is 15.3 Å². The molecule has 1 saturated heterocycles. The van der Waals surface area contributed by atoms with Crippen LogP contribution in [0.4, 0.5) is 5.69 Å². The number of carbonyl (C=O) groups is 1. The van der Waals surface area contributed by atoms with Gasteiger partial charge in [-0.25, -0.2) is 8.42 Å². The first-order valence-corrected chi connectivity index (χ1v) is 15.3. The highest BCUT2D eigenvalue weighted by atomic mass is 32.2. The lowest BCUT2D eigenvalue weighted by Gasteiger charge is -2.16. The Morgan fingerprint density at radius 2 is 1.72 bits per heavy atom. The van der Waals surface area contributed by atoms with Crippen LogP contribution >= 0.6 is 23.5 Å². The second-order valence-corrected chi connectivity index (χ2v) is 12.9. The minimum absolute atomic E-state index is 0.184. The smallest absolute Gasteiger partial charge is 0.243 e. The van der Waals surface area contributed by atoms with Gasteiger partial charge in [-0.05, 0) is 70.0 Å². The van der Waals surface area contributed by atoms with Crippen molar-refractivity contribution in [3.05, 3.63) is 59.9 Å². The summed E-state index contributed by atoms with van der Waals surface area (Å²) in [5.74, 6) is 1.38. The molecule has 1 atom stereocenters. The van der Waals surface area contributed by atoms with Gasteiger partial charge < -0.3 is 9.88 Å². The summed E-state index contributed by atoms with van der Waals surface area (Å²) in [5, 5.41) is 11.9. The van der Waals surface area contributed by atoms with E-state index in [0.29, 0.717) is 36.2 Å². The molecule has 1 aromatic heterocycles. The van der Waals surface area contributed by atoms with E-state index in [4.69, 9.17) is 0 Å². The Morgan fingerprint density at radius 1 is 1.06 bits per heavy atom. The van der Waals surface area contributed by atoms with Crippen molar-refractivity contribution in [1.82, 2.24) is 19.1 Å². The van der Waals surface area contributed by atoms with Crippen molar-refractivity contribution in [1.29, 1.82) is 0 Å². The summed E-state index contributed by atoms with van der Waals surface area (Å²) in [6, 6.07) is 14.7. The second-order valence-electron chi connectivity index (χ2n) is 8.63. The number of carbonyl (C=O) groups excluding carboxylic acids is 1. The van der Waals surface area contributed by atoms with Gasteiger partial charge in [0, 0.05) is 30.2 Å². The molecular formula is C25H31N5O3S3. The molecule has 0 spiro atoms. The van der Waals surface area contributed by atoms with Gasteiger partial charge in [-0.2, -0.15) is 4.31 Å². The Labute approximate surface area is 221 Å². The van der Waals surface area contributed by atoms with Crippen LogP contribution in [-0.4, -0.2) is 51.7 Å². The van der Waals surface area contributed by atoms with Crippen LogP contribution in [0.5, 0.6) is 0 Å². The molecule has 11 heteroatoms. The van der Waals surface area contributed by atoms with Gasteiger partial charge in [0.15, 0.2) is 5.16 Å². The van der Waals surface area contributed by atoms with Gasteiger partial charge in [0.25, 0.3) is 0 Å². The Bertz CT molecular complexity index is 1290. The van der Waals surface area contributed by atoms with Crippen molar-refractivity contribution in [2.24, 2.45) is 0 Å². The molecule has 1 N–H and O–H groups in total. The fraction of sp³-hybridized carbons (Fsp3) is 0.400. The van der Waals surface area contributed by atoms with E-state index in [9.17, 15) is 13.2 Å². The van der Waals surface area contributed by atoms with Gasteiger partial charge in [0.2, 0.25) is 15.9 Å². The molecule has 1 aliphatic heterocycles. The van der Waals surface area contributed by atoms with Crippen LogP contribution in [0, 0.1) is 6.92 Å². The Kier molecular flexibility index (Phi) is 8.76. The van der Waals surface area contributed by atoms with Gasteiger partial charge in [-0.15, -0.1) is 22.0 Å². The number of hydrogen-bond acceptors (Lipinski definition) is 7. The number of aryl methyl sites for hydroxylation is 1. The van der Waals surface area contributed by atoms with Crippen molar-refractivity contribution >= 4 is 45.1 Å². The average molecular weight is 546 g/mol. The maximum absolute atomic E-state index is 12.8. The Hall–Kier alpha value is -2.34. The van der Waals surface area contributed by atoms with Crippen LogP contribution in [0.1, 0.15) is 38.1 Å². The number of aromatic nitrogens is 3. The van der Waals surface area contributed by atoms with Gasteiger partial charge in [-0.3, -0.25) is 4.79 Å². The lowest BCUT2D eigenvalue weighted by molar-refractivity contribution is -0.115. The number of rotatable bonds is 10. The molecule has 3 aromatic rings. The highest BCUT2D eigenvalue weighted by Gasteiger charge is 2.27. The van der Waals surface area contributed by atoms with E-state index in [2.05, 4.69) is 46.7 Å². The SMILES string of the molecule is CCn1c(CSc2ccc(C)cc2)nnc1SC(C)C(=O)Nc1ccc(S(=O)(=O)N2CCCC2)cc1. The molecule has 0 bridgehead atoms. The van der Waals surface area contributed by atoms with Crippen LogP contribution in [-0.2, 0) is 27.1 Å². The van der Waals surface area contributed by atoms with E-state index in [-0.39, 0.29) is 10.8 Å².